The maximum atomic E-state index is 13.3. The largest absolute Gasteiger partial charge is 0.326 e. The average molecular weight is 420 g/mol. The van der Waals surface area contributed by atoms with Gasteiger partial charge in [-0.2, -0.15) is 0 Å². The molecule has 2 N–H and O–H groups in total. The van der Waals surface area contributed by atoms with Crippen LogP contribution in [0.3, 0.4) is 0 Å². The maximum Gasteiger partial charge on any atom is 0.261 e. The summed E-state index contributed by atoms with van der Waals surface area (Å²) in [7, 11) is -4.11. The van der Waals surface area contributed by atoms with E-state index in [0.717, 1.165) is 12.1 Å². The Morgan fingerprint density at radius 1 is 0.828 bits per heavy atom. The highest BCUT2D eigenvalue weighted by atomic mass is 32.2. The summed E-state index contributed by atoms with van der Waals surface area (Å²) in [6.07, 6.45) is -0.0255. The average Bonchev–Trinajstić information content (AvgIpc) is 2.65. The Morgan fingerprint density at radius 2 is 1.52 bits per heavy atom. The van der Waals surface area contributed by atoms with Crippen molar-refractivity contribution in [3.63, 3.8) is 0 Å². The minimum atomic E-state index is -4.11. The van der Waals surface area contributed by atoms with Crippen LogP contribution in [0, 0.1) is 17.5 Å². The zero-order valence-electron chi connectivity index (χ0n) is 14.8. The number of halogens is 3. The van der Waals surface area contributed by atoms with Crippen LogP contribution in [-0.2, 0) is 21.2 Å². The molecule has 0 aromatic heterocycles. The maximum absolute atomic E-state index is 13.3. The van der Waals surface area contributed by atoms with E-state index in [1.807, 2.05) is 0 Å². The fourth-order valence-corrected chi connectivity index (χ4v) is 3.59. The second-order valence-corrected chi connectivity index (χ2v) is 7.80. The molecule has 0 aliphatic rings. The molecule has 0 radical (unpaired) electrons. The van der Waals surface area contributed by atoms with E-state index < -0.39 is 32.4 Å². The minimum Gasteiger partial charge on any atom is -0.326 e. The number of carbonyl (C=O) groups is 1. The molecule has 0 bridgehead atoms. The molecule has 0 aliphatic carbocycles. The van der Waals surface area contributed by atoms with Crippen LogP contribution < -0.4 is 10.0 Å². The molecule has 0 saturated heterocycles. The van der Waals surface area contributed by atoms with Gasteiger partial charge >= 0.3 is 0 Å². The normalized spacial score (nSPS) is 11.1. The molecular weight excluding hydrogens is 405 g/mol. The molecule has 3 aromatic rings. The highest BCUT2D eigenvalue weighted by Gasteiger charge is 2.16. The molecule has 0 fully saturated rings. The van der Waals surface area contributed by atoms with Crippen molar-refractivity contribution in [2.75, 3.05) is 10.0 Å². The van der Waals surface area contributed by atoms with Crippen LogP contribution in [-0.4, -0.2) is 14.3 Å². The fraction of sp³-hybridized carbons (Fsp3) is 0.0500. The third-order valence-corrected chi connectivity index (χ3v) is 5.25. The number of anilines is 2. The van der Waals surface area contributed by atoms with Crippen LogP contribution in [0.5, 0.6) is 0 Å². The second kappa shape index (κ2) is 8.36. The smallest absolute Gasteiger partial charge is 0.261 e. The Bertz CT molecular complexity index is 1150. The standard InChI is InChI=1S/C20H15F3N2O3S/c21-14-3-1-2-13(10-14)11-20(26)24-15-4-6-16(7-5-15)25-29(27,28)17-8-9-18(22)19(23)12-17/h1-10,12,25H,11H2,(H,24,26). The van der Waals surface area contributed by atoms with Gasteiger partial charge < -0.3 is 5.32 Å². The van der Waals surface area contributed by atoms with Gasteiger partial charge in [0.1, 0.15) is 5.82 Å². The zero-order chi connectivity index (χ0) is 21.0. The molecule has 0 unspecified atom stereocenters. The van der Waals surface area contributed by atoms with E-state index in [-0.39, 0.29) is 18.0 Å². The van der Waals surface area contributed by atoms with E-state index in [9.17, 15) is 26.4 Å². The number of hydrogen-bond acceptors (Lipinski definition) is 3. The Hall–Kier alpha value is -3.33. The predicted molar refractivity (Wildman–Crippen MR) is 102 cm³/mol. The van der Waals surface area contributed by atoms with Gasteiger partial charge in [-0.1, -0.05) is 12.1 Å². The number of hydrogen-bond donors (Lipinski definition) is 2. The molecular formula is C20H15F3N2O3S. The van der Waals surface area contributed by atoms with Crippen LogP contribution in [0.1, 0.15) is 5.56 Å². The Balaban J connectivity index is 1.65. The molecule has 5 nitrogen and oxygen atoms in total. The molecule has 0 heterocycles. The van der Waals surface area contributed by atoms with Crippen molar-refractivity contribution in [3.8, 4) is 0 Å². The number of benzene rings is 3. The van der Waals surface area contributed by atoms with Crippen LogP contribution >= 0.6 is 0 Å². The van der Waals surface area contributed by atoms with Crippen LogP contribution in [0.2, 0.25) is 0 Å². The molecule has 3 aromatic carbocycles. The first-order valence-electron chi connectivity index (χ1n) is 8.35. The molecule has 0 saturated carbocycles. The van der Waals surface area contributed by atoms with Gasteiger partial charge in [-0.05, 0) is 60.2 Å². The SMILES string of the molecule is O=C(Cc1cccc(F)c1)Nc1ccc(NS(=O)(=O)c2ccc(F)c(F)c2)cc1. The number of sulfonamides is 1. The third kappa shape index (κ3) is 5.35. The fourth-order valence-electron chi connectivity index (χ4n) is 2.52. The summed E-state index contributed by atoms with van der Waals surface area (Å²) in [5.74, 6) is -3.23. The highest BCUT2D eigenvalue weighted by molar-refractivity contribution is 7.92. The molecule has 0 aliphatic heterocycles. The molecule has 150 valence electrons. The van der Waals surface area contributed by atoms with Crippen molar-refractivity contribution in [2.24, 2.45) is 0 Å². The van der Waals surface area contributed by atoms with Crippen molar-refractivity contribution in [2.45, 2.75) is 11.3 Å². The number of amides is 1. The summed E-state index contributed by atoms with van der Waals surface area (Å²) in [4.78, 5) is 11.6. The summed E-state index contributed by atoms with van der Waals surface area (Å²) >= 11 is 0. The van der Waals surface area contributed by atoms with Crippen molar-refractivity contribution in [3.05, 3.63) is 89.7 Å². The lowest BCUT2D eigenvalue weighted by atomic mass is 10.1. The topological polar surface area (TPSA) is 75.3 Å². The van der Waals surface area contributed by atoms with Crippen LogP contribution in [0.25, 0.3) is 0 Å². The lowest BCUT2D eigenvalue weighted by molar-refractivity contribution is -0.115. The molecule has 9 heteroatoms. The van der Waals surface area contributed by atoms with E-state index >= 15 is 0 Å². The second-order valence-electron chi connectivity index (χ2n) is 6.11. The molecule has 0 spiro atoms. The van der Waals surface area contributed by atoms with E-state index in [1.165, 1.54) is 42.5 Å². The Kier molecular flexibility index (Phi) is 5.88. The Morgan fingerprint density at radius 3 is 2.17 bits per heavy atom. The molecule has 29 heavy (non-hydrogen) atoms. The van der Waals surface area contributed by atoms with Crippen LogP contribution in [0.15, 0.2) is 71.6 Å². The first-order chi connectivity index (χ1) is 13.7. The van der Waals surface area contributed by atoms with E-state index in [1.54, 1.807) is 6.07 Å². The number of nitrogens with one attached hydrogen (secondary N) is 2. The summed E-state index contributed by atoms with van der Waals surface area (Å²) in [5, 5.41) is 2.62. The Labute approximate surface area is 165 Å². The van der Waals surface area contributed by atoms with Gasteiger partial charge in [0, 0.05) is 11.4 Å². The van der Waals surface area contributed by atoms with Gasteiger partial charge in [0.25, 0.3) is 10.0 Å². The van der Waals surface area contributed by atoms with E-state index in [4.69, 9.17) is 0 Å². The lowest BCUT2D eigenvalue weighted by Gasteiger charge is -2.10. The van der Waals surface area contributed by atoms with E-state index in [0.29, 0.717) is 17.3 Å². The van der Waals surface area contributed by atoms with Crippen molar-refractivity contribution in [1.82, 2.24) is 0 Å². The predicted octanol–water partition coefficient (Wildman–Crippen LogP) is 4.09. The monoisotopic (exact) mass is 420 g/mol. The van der Waals surface area contributed by atoms with Crippen molar-refractivity contribution < 1.29 is 26.4 Å². The van der Waals surface area contributed by atoms with Crippen molar-refractivity contribution in [1.29, 1.82) is 0 Å². The summed E-state index contributed by atoms with van der Waals surface area (Å²) < 4.78 is 66.2. The first-order valence-corrected chi connectivity index (χ1v) is 9.83. The van der Waals surface area contributed by atoms with E-state index in [2.05, 4.69) is 10.0 Å². The molecule has 0 atom stereocenters. The van der Waals surface area contributed by atoms with Crippen molar-refractivity contribution >= 4 is 27.3 Å². The summed E-state index contributed by atoms with van der Waals surface area (Å²) in [5.41, 5.74) is 1.08. The van der Waals surface area contributed by atoms with Gasteiger partial charge in [-0.3, -0.25) is 9.52 Å². The molecule has 3 rings (SSSR count). The van der Waals surface area contributed by atoms with Gasteiger partial charge in [0.2, 0.25) is 5.91 Å². The van der Waals surface area contributed by atoms with Gasteiger partial charge in [0.15, 0.2) is 11.6 Å². The zero-order valence-corrected chi connectivity index (χ0v) is 15.6. The third-order valence-electron chi connectivity index (χ3n) is 3.88. The van der Waals surface area contributed by atoms with Gasteiger partial charge in [-0.25, -0.2) is 21.6 Å². The molecule has 1 amide bonds. The first kappa shape index (κ1) is 20.4. The number of carbonyl (C=O) groups excluding carboxylic acids is 1. The van der Waals surface area contributed by atoms with Gasteiger partial charge in [0.05, 0.1) is 11.3 Å². The summed E-state index contributed by atoms with van der Waals surface area (Å²) in [6, 6.07) is 13.6. The summed E-state index contributed by atoms with van der Waals surface area (Å²) in [6.45, 7) is 0. The number of rotatable bonds is 6. The minimum absolute atomic E-state index is 0.0255. The lowest BCUT2D eigenvalue weighted by Crippen LogP contribution is -2.15. The van der Waals surface area contributed by atoms with Gasteiger partial charge in [-0.15, -0.1) is 0 Å². The van der Waals surface area contributed by atoms with Crippen LogP contribution in [0.4, 0.5) is 24.5 Å². The quantitative estimate of drug-likeness (QED) is 0.631. The highest BCUT2D eigenvalue weighted by Crippen LogP contribution is 2.20.